The zero-order valence-corrected chi connectivity index (χ0v) is 8.95. The number of hydrogen-bond acceptors (Lipinski definition) is 2. The molecular weight excluding hydrogens is 184 g/mol. The molecule has 0 bridgehead atoms. The highest BCUT2D eigenvalue weighted by Crippen LogP contribution is 2.18. The van der Waals surface area contributed by atoms with Gasteiger partial charge < -0.3 is 4.90 Å². The van der Waals surface area contributed by atoms with Crippen molar-refractivity contribution in [2.75, 3.05) is 19.6 Å². The predicted octanol–water partition coefficient (Wildman–Crippen LogP) is 1.89. The maximum Gasteiger partial charge on any atom is 0.103 e. The Kier molecular flexibility index (Phi) is 2.20. The van der Waals surface area contributed by atoms with Crippen LogP contribution in [0, 0.1) is 0 Å². The molecule has 0 amide bonds. The maximum atomic E-state index is 4.65. The molecule has 0 spiro atoms. The molecule has 2 aliphatic heterocycles. The van der Waals surface area contributed by atoms with Gasteiger partial charge in [-0.3, -0.25) is 4.99 Å². The molecule has 0 aromatic heterocycles. The smallest absolute Gasteiger partial charge is 0.103 e. The normalized spacial score (nSPS) is 20.0. The molecule has 0 radical (unpaired) electrons. The molecule has 0 saturated carbocycles. The van der Waals surface area contributed by atoms with Gasteiger partial charge in [0.2, 0.25) is 0 Å². The van der Waals surface area contributed by atoms with Crippen LogP contribution in [0.2, 0.25) is 0 Å². The highest BCUT2D eigenvalue weighted by molar-refractivity contribution is 5.85. The van der Waals surface area contributed by atoms with E-state index in [1.807, 2.05) is 0 Å². The van der Waals surface area contributed by atoms with E-state index in [0.29, 0.717) is 0 Å². The molecular formula is C13H16N2. The van der Waals surface area contributed by atoms with E-state index < -0.39 is 0 Å². The lowest BCUT2D eigenvalue weighted by Crippen LogP contribution is -2.36. The minimum Gasteiger partial charge on any atom is -0.360 e. The third-order valence-corrected chi connectivity index (χ3v) is 3.36. The van der Waals surface area contributed by atoms with Gasteiger partial charge >= 0.3 is 0 Å². The molecule has 3 rings (SSSR count). The third-order valence-electron chi connectivity index (χ3n) is 3.36. The lowest BCUT2D eigenvalue weighted by molar-refractivity contribution is 0.396. The molecule has 1 aromatic rings. The summed E-state index contributed by atoms with van der Waals surface area (Å²) in [6.07, 6.45) is 3.44. The zero-order chi connectivity index (χ0) is 10.1. The largest absolute Gasteiger partial charge is 0.360 e. The standard InChI is InChI=1S/C13H16N2/c1-2-5-12-10-13-14-7-3-8-15(13)9-6-11(12)4-1/h1-2,4-5H,3,6-10H2. The molecule has 0 unspecified atom stereocenters. The van der Waals surface area contributed by atoms with Crippen LogP contribution in [0.15, 0.2) is 29.3 Å². The molecule has 0 aliphatic carbocycles. The van der Waals surface area contributed by atoms with Gasteiger partial charge in [-0.1, -0.05) is 24.3 Å². The summed E-state index contributed by atoms with van der Waals surface area (Å²) in [6, 6.07) is 8.78. The van der Waals surface area contributed by atoms with Crippen LogP contribution in [0.4, 0.5) is 0 Å². The molecule has 1 aromatic carbocycles. The number of amidine groups is 1. The fraction of sp³-hybridized carbons (Fsp3) is 0.462. The topological polar surface area (TPSA) is 15.6 Å². The van der Waals surface area contributed by atoms with E-state index in [4.69, 9.17) is 0 Å². The monoisotopic (exact) mass is 200 g/mol. The number of benzene rings is 1. The summed E-state index contributed by atoms with van der Waals surface area (Å²) in [6.45, 7) is 3.37. The Labute approximate surface area is 90.6 Å². The van der Waals surface area contributed by atoms with Crippen molar-refractivity contribution >= 4 is 5.84 Å². The van der Waals surface area contributed by atoms with Gasteiger partial charge in [-0.2, -0.15) is 0 Å². The minimum atomic E-state index is 1.02. The van der Waals surface area contributed by atoms with Crippen LogP contribution >= 0.6 is 0 Å². The van der Waals surface area contributed by atoms with Gasteiger partial charge in [0.15, 0.2) is 0 Å². The second kappa shape index (κ2) is 3.69. The Morgan fingerprint density at radius 2 is 1.93 bits per heavy atom. The van der Waals surface area contributed by atoms with Gasteiger partial charge in [0.1, 0.15) is 5.84 Å². The predicted molar refractivity (Wildman–Crippen MR) is 62.3 cm³/mol. The van der Waals surface area contributed by atoms with Crippen molar-refractivity contribution in [1.82, 2.24) is 4.90 Å². The molecule has 0 saturated heterocycles. The fourth-order valence-electron chi connectivity index (χ4n) is 2.51. The fourth-order valence-corrected chi connectivity index (χ4v) is 2.51. The summed E-state index contributed by atoms with van der Waals surface area (Å²) in [5.74, 6) is 1.31. The van der Waals surface area contributed by atoms with E-state index >= 15 is 0 Å². The molecule has 2 nitrogen and oxygen atoms in total. The van der Waals surface area contributed by atoms with E-state index in [2.05, 4.69) is 34.2 Å². The quantitative estimate of drug-likeness (QED) is 0.624. The zero-order valence-electron chi connectivity index (χ0n) is 8.95. The average Bonchev–Trinajstić information content (AvgIpc) is 2.48. The number of fused-ring (bicyclic) bond motifs is 2. The summed E-state index contributed by atoms with van der Waals surface area (Å²) in [7, 11) is 0. The van der Waals surface area contributed by atoms with Crippen molar-refractivity contribution in [2.24, 2.45) is 4.99 Å². The van der Waals surface area contributed by atoms with Gasteiger partial charge in [-0.05, 0) is 24.0 Å². The highest BCUT2D eigenvalue weighted by atomic mass is 15.2. The first-order valence-electron chi connectivity index (χ1n) is 5.78. The van der Waals surface area contributed by atoms with Crippen LogP contribution in [-0.4, -0.2) is 30.4 Å². The van der Waals surface area contributed by atoms with Crippen molar-refractivity contribution in [3.63, 3.8) is 0 Å². The Hall–Kier alpha value is -1.31. The van der Waals surface area contributed by atoms with Crippen LogP contribution < -0.4 is 0 Å². The van der Waals surface area contributed by atoms with Gasteiger partial charge in [0.05, 0.1) is 0 Å². The van der Waals surface area contributed by atoms with Gasteiger partial charge in [0.25, 0.3) is 0 Å². The third kappa shape index (κ3) is 1.65. The maximum absolute atomic E-state index is 4.65. The molecule has 15 heavy (non-hydrogen) atoms. The number of rotatable bonds is 0. The van der Waals surface area contributed by atoms with Crippen LogP contribution in [0.25, 0.3) is 0 Å². The van der Waals surface area contributed by atoms with Gasteiger partial charge in [-0.25, -0.2) is 0 Å². The Bertz CT molecular complexity index is 395. The molecule has 0 fully saturated rings. The van der Waals surface area contributed by atoms with Crippen LogP contribution in [0.3, 0.4) is 0 Å². The van der Waals surface area contributed by atoms with E-state index in [1.165, 1.54) is 36.3 Å². The average molecular weight is 200 g/mol. The van der Waals surface area contributed by atoms with Crippen LogP contribution in [-0.2, 0) is 12.8 Å². The summed E-state index contributed by atoms with van der Waals surface area (Å²) in [4.78, 5) is 7.11. The van der Waals surface area contributed by atoms with Crippen molar-refractivity contribution in [1.29, 1.82) is 0 Å². The van der Waals surface area contributed by atoms with Gasteiger partial charge in [-0.15, -0.1) is 0 Å². The summed E-state index contributed by atoms with van der Waals surface area (Å²) < 4.78 is 0. The van der Waals surface area contributed by atoms with Crippen LogP contribution in [0.5, 0.6) is 0 Å². The van der Waals surface area contributed by atoms with Crippen molar-refractivity contribution < 1.29 is 0 Å². The van der Waals surface area contributed by atoms with Crippen molar-refractivity contribution in [3.8, 4) is 0 Å². The number of aliphatic imine (C=N–C) groups is 1. The van der Waals surface area contributed by atoms with Crippen molar-refractivity contribution in [3.05, 3.63) is 35.4 Å². The second-order valence-corrected chi connectivity index (χ2v) is 4.33. The van der Waals surface area contributed by atoms with E-state index in [1.54, 1.807) is 0 Å². The lowest BCUT2D eigenvalue weighted by atomic mass is 10.0. The minimum absolute atomic E-state index is 1.02. The first-order chi connectivity index (χ1) is 7.43. The van der Waals surface area contributed by atoms with Crippen molar-refractivity contribution in [2.45, 2.75) is 19.3 Å². The van der Waals surface area contributed by atoms with Gasteiger partial charge in [0, 0.05) is 26.1 Å². The summed E-state index contributed by atoms with van der Waals surface area (Å²) in [5.41, 5.74) is 2.98. The van der Waals surface area contributed by atoms with E-state index in [0.717, 1.165) is 19.5 Å². The van der Waals surface area contributed by atoms with E-state index in [-0.39, 0.29) is 0 Å². The number of hydrogen-bond donors (Lipinski definition) is 0. The SMILES string of the molecule is c1ccc2c(c1)CCN1CCCN=C1C2. The molecule has 2 heteroatoms. The Morgan fingerprint density at radius 1 is 1.07 bits per heavy atom. The summed E-state index contributed by atoms with van der Waals surface area (Å²) in [5, 5.41) is 0. The molecule has 0 atom stereocenters. The number of nitrogens with zero attached hydrogens (tertiary/aromatic N) is 2. The molecule has 2 aliphatic rings. The highest BCUT2D eigenvalue weighted by Gasteiger charge is 2.20. The molecule has 78 valence electrons. The van der Waals surface area contributed by atoms with E-state index in [9.17, 15) is 0 Å². The summed E-state index contributed by atoms with van der Waals surface area (Å²) >= 11 is 0. The Balaban J connectivity index is 1.97. The molecule has 0 N–H and O–H groups in total. The second-order valence-electron chi connectivity index (χ2n) is 4.33. The molecule has 2 heterocycles. The Morgan fingerprint density at radius 3 is 2.87 bits per heavy atom. The first-order valence-corrected chi connectivity index (χ1v) is 5.78. The first kappa shape index (κ1) is 8.96. The van der Waals surface area contributed by atoms with Crippen LogP contribution in [0.1, 0.15) is 17.5 Å². The lowest BCUT2D eigenvalue weighted by Gasteiger charge is -2.27.